The van der Waals surface area contributed by atoms with Gasteiger partial charge in [-0.2, -0.15) is 0 Å². The molecule has 0 aliphatic carbocycles. The highest BCUT2D eigenvalue weighted by atomic mass is 15.0. The van der Waals surface area contributed by atoms with E-state index >= 15 is 0 Å². The predicted octanol–water partition coefficient (Wildman–Crippen LogP) is 0.815. The highest BCUT2D eigenvalue weighted by Crippen LogP contribution is 2.09. The fourth-order valence-corrected chi connectivity index (χ4v) is 1.09. The Hall–Kier alpha value is -0.500. The van der Waals surface area contributed by atoms with Gasteiger partial charge in [0.25, 0.3) is 0 Å². The van der Waals surface area contributed by atoms with Gasteiger partial charge in [0.2, 0.25) is 0 Å². The molecule has 2 nitrogen and oxygen atoms in total. The van der Waals surface area contributed by atoms with Gasteiger partial charge in [0.05, 0.1) is 0 Å². The highest BCUT2D eigenvalue weighted by molar-refractivity contribution is 5.06. The summed E-state index contributed by atoms with van der Waals surface area (Å²) >= 11 is 0. The molecule has 1 heterocycles. The summed E-state index contributed by atoms with van der Waals surface area (Å²) in [5, 5.41) is 3.22. The van der Waals surface area contributed by atoms with E-state index < -0.39 is 0 Å². The van der Waals surface area contributed by atoms with Crippen LogP contribution >= 0.6 is 0 Å². The molecule has 0 aromatic rings. The minimum Gasteiger partial charge on any atom is -0.391 e. The molecule has 0 aromatic carbocycles. The highest BCUT2D eigenvalue weighted by Gasteiger charge is 2.02. The van der Waals surface area contributed by atoms with Gasteiger partial charge in [-0.05, 0) is 33.1 Å². The summed E-state index contributed by atoms with van der Waals surface area (Å²) in [6, 6.07) is 0. The zero-order valence-corrected chi connectivity index (χ0v) is 6.85. The largest absolute Gasteiger partial charge is 0.391 e. The van der Waals surface area contributed by atoms with Gasteiger partial charge in [-0.3, -0.25) is 0 Å². The lowest BCUT2D eigenvalue weighted by Crippen LogP contribution is -2.13. The van der Waals surface area contributed by atoms with Crippen LogP contribution in [0.2, 0.25) is 0 Å². The molecule has 0 bridgehead atoms. The first-order valence-corrected chi connectivity index (χ1v) is 3.85. The molecule has 0 fully saturated rings. The molecule has 0 radical (unpaired) electrons. The lowest BCUT2D eigenvalue weighted by molar-refractivity contribution is 0.412. The monoisotopic (exact) mass is 140 g/mol. The fraction of sp³-hybridized carbons (Fsp3) is 0.750. The first-order valence-electron chi connectivity index (χ1n) is 3.85. The van der Waals surface area contributed by atoms with E-state index in [1.54, 1.807) is 5.57 Å². The van der Waals surface area contributed by atoms with Crippen molar-refractivity contribution in [2.45, 2.75) is 12.8 Å². The van der Waals surface area contributed by atoms with Gasteiger partial charge in [0.15, 0.2) is 0 Å². The van der Waals surface area contributed by atoms with Crippen LogP contribution < -0.4 is 5.32 Å². The van der Waals surface area contributed by atoms with Crippen molar-refractivity contribution < 1.29 is 0 Å². The van der Waals surface area contributed by atoms with E-state index in [-0.39, 0.29) is 0 Å². The van der Waals surface area contributed by atoms with Crippen molar-refractivity contribution in [3.8, 4) is 0 Å². The molecule has 1 aliphatic heterocycles. The summed E-state index contributed by atoms with van der Waals surface area (Å²) in [5.74, 6) is 0. The Morgan fingerprint density at radius 2 is 2.40 bits per heavy atom. The zero-order valence-electron chi connectivity index (χ0n) is 6.85. The fourth-order valence-electron chi connectivity index (χ4n) is 1.09. The van der Waals surface area contributed by atoms with Crippen LogP contribution in [-0.4, -0.2) is 32.1 Å². The van der Waals surface area contributed by atoms with Gasteiger partial charge in [-0.15, -0.1) is 0 Å². The smallest absolute Gasteiger partial charge is 0.0179 e. The van der Waals surface area contributed by atoms with E-state index in [0.717, 1.165) is 6.54 Å². The summed E-state index contributed by atoms with van der Waals surface area (Å²) in [6.45, 7) is 2.32. The molecule has 10 heavy (non-hydrogen) atoms. The van der Waals surface area contributed by atoms with E-state index in [4.69, 9.17) is 0 Å². The molecule has 0 saturated carbocycles. The lowest BCUT2D eigenvalue weighted by atomic mass is 10.2. The predicted molar refractivity (Wildman–Crippen MR) is 43.9 cm³/mol. The molecule has 1 N–H and O–H groups in total. The van der Waals surface area contributed by atoms with Crippen molar-refractivity contribution in [2.24, 2.45) is 0 Å². The topological polar surface area (TPSA) is 15.3 Å². The third-order valence-electron chi connectivity index (χ3n) is 1.78. The quantitative estimate of drug-likeness (QED) is 0.624. The molecule has 0 amide bonds. The Morgan fingerprint density at radius 1 is 1.60 bits per heavy atom. The van der Waals surface area contributed by atoms with Gasteiger partial charge in [-0.1, -0.05) is 5.57 Å². The van der Waals surface area contributed by atoms with E-state index in [2.05, 4.69) is 30.5 Å². The first kappa shape index (κ1) is 7.61. The summed E-state index contributed by atoms with van der Waals surface area (Å²) in [5.41, 5.74) is 1.56. The van der Waals surface area contributed by atoms with Crippen LogP contribution in [0.1, 0.15) is 12.8 Å². The van der Waals surface area contributed by atoms with Crippen LogP contribution in [0.3, 0.4) is 0 Å². The van der Waals surface area contributed by atoms with Crippen molar-refractivity contribution in [1.82, 2.24) is 10.2 Å². The lowest BCUT2D eigenvalue weighted by Gasteiger charge is -2.08. The second-order valence-electron chi connectivity index (χ2n) is 3.06. The van der Waals surface area contributed by atoms with E-state index in [0.29, 0.717) is 0 Å². The molecule has 0 aromatic heterocycles. The first-order chi connectivity index (χ1) is 4.79. The van der Waals surface area contributed by atoms with E-state index in [1.165, 1.54) is 19.4 Å². The Morgan fingerprint density at radius 3 is 2.90 bits per heavy atom. The zero-order chi connectivity index (χ0) is 7.40. The SMILES string of the molecule is CN(C)CCC1=CNCC1. The van der Waals surface area contributed by atoms with E-state index in [9.17, 15) is 0 Å². The Balaban J connectivity index is 2.13. The summed E-state index contributed by atoms with van der Waals surface area (Å²) in [4.78, 5) is 2.22. The number of hydrogen-bond acceptors (Lipinski definition) is 2. The Labute approximate surface area is 62.9 Å². The van der Waals surface area contributed by atoms with Crippen molar-refractivity contribution in [3.05, 3.63) is 11.8 Å². The normalized spacial score (nSPS) is 17.3. The Bertz CT molecular complexity index is 127. The van der Waals surface area contributed by atoms with E-state index in [1.807, 2.05) is 0 Å². The molecule has 1 aliphatic rings. The molecule has 0 unspecified atom stereocenters. The molecule has 58 valence electrons. The average molecular weight is 140 g/mol. The van der Waals surface area contributed by atoms with Gasteiger partial charge < -0.3 is 10.2 Å². The second-order valence-corrected chi connectivity index (χ2v) is 3.06. The molecule has 0 spiro atoms. The van der Waals surface area contributed by atoms with Crippen LogP contribution in [0.15, 0.2) is 11.8 Å². The van der Waals surface area contributed by atoms with Crippen LogP contribution in [0, 0.1) is 0 Å². The number of nitrogens with zero attached hydrogens (tertiary/aromatic N) is 1. The van der Waals surface area contributed by atoms with Crippen LogP contribution in [0.5, 0.6) is 0 Å². The minimum absolute atomic E-state index is 1.14. The van der Waals surface area contributed by atoms with Gasteiger partial charge >= 0.3 is 0 Å². The van der Waals surface area contributed by atoms with Gasteiger partial charge in [0, 0.05) is 13.1 Å². The van der Waals surface area contributed by atoms with Crippen molar-refractivity contribution >= 4 is 0 Å². The molecule has 0 atom stereocenters. The molecule has 2 heteroatoms. The standard InChI is InChI=1S/C8H16N2/c1-10(2)6-4-8-3-5-9-7-8/h7,9H,3-6H2,1-2H3. The molecular weight excluding hydrogens is 124 g/mol. The number of rotatable bonds is 3. The molecular formula is C8H16N2. The van der Waals surface area contributed by atoms with Crippen molar-refractivity contribution in [2.75, 3.05) is 27.2 Å². The summed E-state index contributed by atoms with van der Waals surface area (Å²) in [6.07, 6.45) is 4.62. The van der Waals surface area contributed by atoms with Crippen LogP contribution in [0.25, 0.3) is 0 Å². The summed E-state index contributed by atoms with van der Waals surface area (Å²) in [7, 11) is 4.23. The third kappa shape index (κ3) is 2.40. The number of nitrogens with one attached hydrogen (secondary N) is 1. The maximum atomic E-state index is 3.22. The maximum Gasteiger partial charge on any atom is 0.0179 e. The van der Waals surface area contributed by atoms with Crippen LogP contribution in [-0.2, 0) is 0 Å². The van der Waals surface area contributed by atoms with Gasteiger partial charge in [-0.25, -0.2) is 0 Å². The number of hydrogen-bond donors (Lipinski definition) is 1. The van der Waals surface area contributed by atoms with Crippen LogP contribution in [0.4, 0.5) is 0 Å². The molecule has 1 rings (SSSR count). The third-order valence-corrected chi connectivity index (χ3v) is 1.78. The second kappa shape index (κ2) is 3.62. The average Bonchev–Trinajstić information content (AvgIpc) is 2.34. The van der Waals surface area contributed by atoms with Crippen molar-refractivity contribution in [3.63, 3.8) is 0 Å². The Kier molecular flexibility index (Phi) is 2.75. The van der Waals surface area contributed by atoms with Crippen molar-refractivity contribution in [1.29, 1.82) is 0 Å². The summed E-state index contributed by atoms with van der Waals surface area (Å²) < 4.78 is 0. The molecule has 0 saturated heterocycles. The minimum atomic E-state index is 1.14. The maximum absolute atomic E-state index is 3.22. The van der Waals surface area contributed by atoms with Gasteiger partial charge in [0.1, 0.15) is 0 Å².